The van der Waals surface area contributed by atoms with Gasteiger partial charge >= 0.3 is 18.0 Å². The monoisotopic (exact) mass is 240 g/mol. The maximum atomic E-state index is 11.4. The molecular weight excluding hydrogens is 232 g/mol. The standard InChI is InChI=1S/C9H8N2O6/c10-9(14)11-16-7(12)5-3-1-2-4-6(5)8(13)17-15/h1-4,15H,(H3,10,11,14). The molecule has 0 radical (unpaired) electrons. The van der Waals surface area contributed by atoms with Crippen LogP contribution in [0.2, 0.25) is 0 Å². The minimum atomic E-state index is -1.13. The highest BCUT2D eigenvalue weighted by Gasteiger charge is 2.19. The molecule has 0 saturated carbocycles. The van der Waals surface area contributed by atoms with E-state index < -0.39 is 18.0 Å². The van der Waals surface area contributed by atoms with Gasteiger partial charge in [-0.3, -0.25) is 4.89 Å². The smallest absolute Gasteiger partial charge is 0.349 e. The average molecular weight is 240 g/mol. The van der Waals surface area contributed by atoms with Crippen molar-refractivity contribution in [3.05, 3.63) is 35.4 Å². The molecule has 90 valence electrons. The summed E-state index contributed by atoms with van der Waals surface area (Å²) in [6.45, 7) is 0. The number of hydrogen-bond donors (Lipinski definition) is 3. The third kappa shape index (κ3) is 3.18. The summed E-state index contributed by atoms with van der Waals surface area (Å²) in [7, 11) is 0. The number of carbonyl (C=O) groups is 3. The summed E-state index contributed by atoms with van der Waals surface area (Å²) < 4.78 is 0. The van der Waals surface area contributed by atoms with E-state index in [0.29, 0.717) is 0 Å². The van der Waals surface area contributed by atoms with Crippen LogP contribution in [0.1, 0.15) is 20.7 Å². The summed E-state index contributed by atoms with van der Waals surface area (Å²) in [5.41, 5.74) is 5.88. The lowest BCUT2D eigenvalue weighted by Gasteiger charge is -2.06. The van der Waals surface area contributed by atoms with Gasteiger partial charge in [0, 0.05) is 0 Å². The third-order valence-corrected chi connectivity index (χ3v) is 1.69. The largest absolute Gasteiger partial charge is 0.373 e. The summed E-state index contributed by atoms with van der Waals surface area (Å²) in [5.74, 6) is -2.15. The molecule has 0 heterocycles. The highest BCUT2D eigenvalue weighted by Crippen LogP contribution is 2.10. The minimum Gasteiger partial charge on any atom is -0.349 e. The highest BCUT2D eigenvalue weighted by atomic mass is 17.1. The van der Waals surface area contributed by atoms with E-state index in [9.17, 15) is 14.4 Å². The number of hydroxylamine groups is 1. The fourth-order valence-corrected chi connectivity index (χ4v) is 1.04. The van der Waals surface area contributed by atoms with Crippen LogP contribution in [0.4, 0.5) is 4.79 Å². The van der Waals surface area contributed by atoms with Crippen LogP contribution in [0.5, 0.6) is 0 Å². The average Bonchev–Trinajstić information content (AvgIpc) is 2.34. The maximum Gasteiger partial charge on any atom is 0.373 e. The van der Waals surface area contributed by atoms with Gasteiger partial charge in [0.15, 0.2) is 0 Å². The first-order valence-electron chi connectivity index (χ1n) is 4.27. The van der Waals surface area contributed by atoms with E-state index in [1.807, 2.05) is 0 Å². The first-order valence-corrected chi connectivity index (χ1v) is 4.27. The van der Waals surface area contributed by atoms with Crippen molar-refractivity contribution >= 4 is 18.0 Å². The van der Waals surface area contributed by atoms with Gasteiger partial charge in [0.2, 0.25) is 0 Å². The SMILES string of the molecule is NC(=O)NOC(=O)c1ccccc1C(=O)OO. The van der Waals surface area contributed by atoms with E-state index in [2.05, 4.69) is 15.5 Å². The zero-order valence-electron chi connectivity index (χ0n) is 8.38. The Hall–Kier alpha value is -2.61. The van der Waals surface area contributed by atoms with E-state index in [4.69, 9.17) is 5.26 Å². The van der Waals surface area contributed by atoms with Gasteiger partial charge in [0.05, 0.1) is 11.1 Å². The molecule has 1 aromatic rings. The zero-order chi connectivity index (χ0) is 12.8. The maximum absolute atomic E-state index is 11.4. The van der Waals surface area contributed by atoms with Crippen LogP contribution in [-0.4, -0.2) is 23.2 Å². The van der Waals surface area contributed by atoms with Crippen LogP contribution in [0.15, 0.2) is 24.3 Å². The molecule has 0 aliphatic carbocycles. The predicted octanol–water partition coefficient (Wildman–Crippen LogP) is 0.0565. The van der Waals surface area contributed by atoms with E-state index in [1.54, 1.807) is 5.48 Å². The number of nitrogens with one attached hydrogen (secondary N) is 1. The van der Waals surface area contributed by atoms with Gasteiger partial charge in [-0.15, -0.1) is 0 Å². The molecule has 1 aromatic carbocycles. The Morgan fingerprint density at radius 3 is 2.12 bits per heavy atom. The molecule has 8 nitrogen and oxygen atoms in total. The summed E-state index contributed by atoms with van der Waals surface area (Å²) in [4.78, 5) is 40.6. The number of primary amides is 1. The van der Waals surface area contributed by atoms with E-state index in [0.717, 1.165) is 0 Å². The van der Waals surface area contributed by atoms with Crippen molar-refractivity contribution in [2.75, 3.05) is 0 Å². The van der Waals surface area contributed by atoms with Gasteiger partial charge < -0.3 is 10.6 Å². The molecule has 0 saturated heterocycles. The summed E-state index contributed by atoms with van der Waals surface area (Å²) >= 11 is 0. The molecule has 0 spiro atoms. The summed E-state index contributed by atoms with van der Waals surface area (Å²) in [5, 5.41) is 8.22. The van der Waals surface area contributed by atoms with Gasteiger partial charge in [0.1, 0.15) is 0 Å². The van der Waals surface area contributed by atoms with Crippen molar-refractivity contribution in [3.63, 3.8) is 0 Å². The molecule has 0 atom stereocenters. The van der Waals surface area contributed by atoms with Crippen LogP contribution >= 0.6 is 0 Å². The third-order valence-electron chi connectivity index (χ3n) is 1.69. The number of nitrogens with two attached hydrogens (primary N) is 1. The van der Waals surface area contributed by atoms with E-state index in [1.165, 1.54) is 24.3 Å². The molecule has 0 aliphatic heterocycles. The van der Waals surface area contributed by atoms with E-state index >= 15 is 0 Å². The Bertz CT molecular complexity index is 459. The second-order valence-electron chi connectivity index (χ2n) is 2.78. The molecule has 0 bridgehead atoms. The molecule has 0 aliphatic rings. The van der Waals surface area contributed by atoms with Crippen molar-refractivity contribution in [2.24, 2.45) is 5.73 Å². The number of carbonyl (C=O) groups excluding carboxylic acids is 3. The van der Waals surface area contributed by atoms with Crippen LogP contribution in [0.25, 0.3) is 0 Å². The second-order valence-corrected chi connectivity index (χ2v) is 2.78. The van der Waals surface area contributed by atoms with Gasteiger partial charge in [-0.05, 0) is 12.1 Å². The molecule has 8 heteroatoms. The van der Waals surface area contributed by atoms with Crippen molar-refractivity contribution in [3.8, 4) is 0 Å². The van der Waals surface area contributed by atoms with Gasteiger partial charge in [-0.25, -0.2) is 14.4 Å². The number of urea groups is 1. The lowest BCUT2D eigenvalue weighted by molar-refractivity contribution is -0.182. The lowest BCUT2D eigenvalue weighted by atomic mass is 10.1. The lowest BCUT2D eigenvalue weighted by Crippen LogP contribution is -2.32. The Labute approximate surface area is 94.8 Å². The fourth-order valence-electron chi connectivity index (χ4n) is 1.04. The second kappa shape index (κ2) is 5.47. The number of rotatable bonds is 2. The molecule has 1 rings (SSSR count). The van der Waals surface area contributed by atoms with Crippen LogP contribution in [0, 0.1) is 0 Å². The van der Waals surface area contributed by atoms with Gasteiger partial charge in [-0.2, -0.15) is 10.7 Å². The minimum absolute atomic E-state index is 0.194. The first-order chi connectivity index (χ1) is 8.06. The molecule has 2 amide bonds. The molecular formula is C9H8N2O6. The van der Waals surface area contributed by atoms with E-state index in [-0.39, 0.29) is 11.1 Å². The quantitative estimate of drug-likeness (QED) is 0.495. The number of hydrogen-bond acceptors (Lipinski definition) is 6. The molecule has 0 unspecified atom stereocenters. The van der Waals surface area contributed by atoms with Crippen LogP contribution in [-0.2, 0) is 9.73 Å². The zero-order valence-corrected chi connectivity index (χ0v) is 8.38. The van der Waals surface area contributed by atoms with Gasteiger partial charge in [0.25, 0.3) is 0 Å². The summed E-state index contributed by atoms with van der Waals surface area (Å²) in [6, 6.07) is 4.32. The Balaban J connectivity index is 2.93. The van der Waals surface area contributed by atoms with Crippen molar-refractivity contribution in [1.29, 1.82) is 0 Å². The Kier molecular flexibility index (Phi) is 4.01. The molecule has 17 heavy (non-hydrogen) atoms. The summed E-state index contributed by atoms with van der Waals surface area (Å²) in [6.07, 6.45) is 0. The normalized spacial score (nSPS) is 9.24. The van der Waals surface area contributed by atoms with Crippen molar-refractivity contribution in [1.82, 2.24) is 5.48 Å². The fraction of sp³-hybridized carbons (Fsp3) is 0. The molecule has 0 aromatic heterocycles. The Morgan fingerprint density at radius 2 is 1.65 bits per heavy atom. The molecule has 4 N–H and O–H groups in total. The number of amides is 2. The van der Waals surface area contributed by atoms with Crippen molar-refractivity contribution < 1.29 is 29.4 Å². The van der Waals surface area contributed by atoms with Crippen LogP contribution in [0.3, 0.4) is 0 Å². The van der Waals surface area contributed by atoms with Crippen molar-refractivity contribution in [2.45, 2.75) is 0 Å². The van der Waals surface area contributed by atoms with Crippen LogP contribution < -0.4 is 11.2 Å². The predicted molar refractivity (Wildman–Crippen MR) is 52.6 cm³/mol. The Morgan fingerprint density at radius 1 is 1.12 bits per heavy atom. The first kappa shape index (κ1) is 12.5. The highest BCUT2D eigenvalue weighted by molar-refractivity contribution is 6.03. The van der Waals surface area contributed by atoms with Gasteiger partial charge in [-0.1, -0.05) is 12.1 Å². The number of benzene rings is 1. The topological polar surface area (TPSA) is 128 Å². The molecule has 0 fully saturated rings.